The van der Waals surface area contributed by atoms with Gasteiger partial charge in [-0.1, -0.05) is 22.7 Å². The van der Waals surface area contributed by atoms with Crippen molar-refractivity contribution >= 4 is 18.1 Å². The molecule has 0 aliphatic carbocycles. The van der Waals surface area contributed by atoms with Crippen molar-refractivity contribution in [3.8, 4) is 0 Å². The highest BCUT2D eigenvalue weighted by molar-refractivity contribution is 7.47. The predicted molar refractivity (Wildman–Crippen MR) is 49.5 cm³/mol. The Hall–Kier alpha value is -1.36. The molecule has 12 heavy (non-hydrogen) atoms. The number of hydrogen-bond donors (Lipinski definition) is 0. The summed E-state index contributed by atoms with van der Waals surface area (Å²) in [5.74, 6) is 0. The number of hydrogen-bond acceptors (Lipinski definition) is 2. The molecular weight excluding hydrogens is 172 g/mol. The van der Waals surface area contributed by atoms with Gasteiger partial charge in [0.25, 0.3) is 0 Å². The maximum atomic E-state index is 4.26. The van der Waals surface area contributed by atoms with E-state index < -0.39 is 0 Å². The monoisotopic (exact) mass is 180 g/mol. The molecule has 0 spiro atoms. The summed E-state index contributed by atoms with van der Waals surface area (Å²) in [4.78, 5) is 0. The third kappa shape index (κ3) is 2.35. The molecule has 1 aromatic rings. The lowest BCUT2D eigenvalue weighted by atomic mass is 10.3. The van der Waals surface area contributed by atoms with E-state index in [9.17, 15) is 0 Å². The highest BCUT2D eigenvalue weighted by atomic mass is 32.1. The van der Waals surface area contributed by atoms with E-state index in [1.807, 2.05) is 30.3 Å². The molecule has 1 rings (SSSR count). The molecular formula is C7H8N4S. The number of para-hydroxylation sites is 1. The second-order valence-electron chi connectivity index (χ2n) is 2.12. The van der Waals surface area contributed by atoms with Crippen LogP contribution in [0.25, 0.3) is 0 Å². The van der Waals surface area contributed by atoms with Gasteiger partial charge in [-0.25, -0.2) is 5.01 Å². The number of anilines is 1. The normalized spacial score (nSPS) is 10.1. The fourth-order valence-corrected chi connectivity index (χ4v) is 0.804. The van der Waals surface area contributed by atoms with Crippen molar-refractivity contribution in [3.05, 3.63) is 30.3 Å². The van der Waals surface area contributed by atoms with Gasteiger partial charge in [-0.3, -0.25) is 0 Å². The largest absolute Gasteiger partial charge is 0.249 e. The maximum absolute atomic E-state index is 4.26. The van der Waals surface area contributed by atoms with Crippen molar-refractivity contribution in [3.63, 3.8) is 0 Å². The van der Waals surface area contributed by atoms with Crippen LogP contribution in [0.15, 0.2) is 45.3 Å². The van der Waals surface area contributed by atoms with Gasteiger partial charge in [0.15, 0.2) is 0 Å². The number of rotatable bonds is 3. The zero-order valence-electron chi connectivity index (χ0n) is 6.58. The Balaban J connectivity index is 2.71. The molecule has 0 saturated heterocycles. The molecule has 0 bridgehead atoms. The van der Waals surface area contributed by atoms with Gasteiger partial charge in [-0.15, -0.1) is 0 Å². The molecule has 0 unspecified atom stereocenters. The summed E-state index contributed by atoms with van der Waals surface area (Å²) in [6.07, 6.45) is 0. The fourth-order valence-electron chi connectivity index (χ4n) is 0.772. The van der Waals surface area contributed by atoms with Crippen LogP contribution in [0.5, 0.6) is 0 Å². The number of benzene rings is 1. The van der Waals surface area contributed by atoms with Gasteiger partial charge in [0.1, 0.15) is 0 Å². The number of nitrogens with zero attached hydrogens (tertiary/aromatic N) is 4. The van der Waals surface area contributed by atoms with Crippen LogP contribution in [-0.4, -0.2) is 7.05 Å². The van der Waals surface area contributed by atoms with Crippen LogP contribution < -0.4 is 5.01 Å². The van der Waals surface area contributed by atoms with Crippen LogP contribution in [0, 0.1) is 0 Å². The van der Waals surface area contributed by atoms with Gasteiger partial charge < -0.3 is 0 Å². The Morgan fingerprint density at radius 1 is 1.25 bits per heavy atom. The van der Waals surface area contributed by atoms with Crippen molar-refractivity contribution in [2.45, 2.75) is 0 Å². The third-order valence-corrected chi connectivity index (χ3v) is 1.41. The Morgan fingerprint density at radius 3 is 2.50 bits per heavy atom. The first kappa shape index (κ1) is 8.73. The van der Waals surface area contributed by atoms with E-state index in [-0.39, 0.29) is 0 Å². The summed E-state index contributed by atoms with van der Waals surface area (Å²) < 4.78 is 3.10. The molecule has 0 N–H and O–H groups in total. The standard InChI is InChI=1S/C7H8N4S/c1-11(9-8-10-12)7-5-3-2-4-6-7/h2-6H,1H3/b9-8-. The molecule has 0 radical (unpaired) electrons. The van der Waals surface area contributed by atoms with E-state index in [4.69, 9.17) is 0 Å². The molecule has 0 aromatic heterocycles. The smallest absolute Gasteiger partial charge is 0.0671 e. The van der Waals surface area contributed by atoms with Gasteiger partial charge in [0.2, 0.25) is 0 Å². The molecule has 0 fully saturated rings. The average Bonchev–Trinajstić information content (AvgIpc) is 2.15. The second-order valence-corrected chi connectivity index (χ2v) is 2.28. The van der Waals surface area contributed by atoms with Crippen LogP contribution in [0.4, 0.5) is 5.69 Å². The van der Waals surface area contributed by atoms with Gasteiger partial charge >= 0.3 is 0 Å². The highest BCUT2D eigenvalue weighted by Crippen LogP contribution is 2.10. The molecule has 0 amide bonds. The van der Waals surface area contributed by atoms with E-state index in [0.717, 1.165) is 5.69 Å². The first-order valence-corrected chi connectivity index (χ1v) is 3.73. The SMILES string of the molecule is CN(/N=N\N=S)c1ccccc1. The van der Waals surface area contributed by atoms with E-state index in [2.05, 4.69) is 27.3 Å². The first-order valence-electron chi connectivity index (χ1n) is 3.36. The first-order chi connectivity index (χ1) is 5.84. The van der Waals surface area contributed by atoms with Gasteiger partial charge in [0.05, 0.1) is 18.1 Å². The fraction of sp³-hybridized carbons (Fsp3) is 0.143. The zero-order chi connectivity index (χ0) is 8.81. The van der Waals surface area contributed by atoms with E-state index >= 15 is 0 Å². The average molecular weight is 180 g/mol. The van der Waals surface area contributed by atoms with Crippen LogP contribution in [0.1, 0.15) is 0 Å². The lowest BCUT2D eigenvalue weighted by Crippen LogP contribution is -2.06. The summed E-state index contributed by atoms with van der Waals surface area (Å²) in [7, 11) is 1.78. The Kier molecular flexibility index (Phi) is 3.28. The molecule has 4 nitrogen and oxygen atoms in total. The van der Waals surface area contributed by atoms with Crippen molar-refractivity contribution in [1.29, 1.82) is 0 Å². The Morgan fingerprint density at radius 2 is 1.92 bits per heavy atom. The summed E-state index contributed by atoms with van der Waals surface area (Å²) in [5, 5.41) is 8.63. The van der Waals surface area contributed by atoms with Gasteiger partial charge in [0, 0.05) is 7.05 Å². The predicted octanol–water partition coefficient (Wildman–Crippen LogP) is 2.14. The van der Waals surface area contributed by atoms with Crippen LogP contribution >= 0.6 is 0 Å². The molecule has 62 valence electrons. The van der Waals surface area contributed by atoms with Crippen LogP contribution in [0.2, 0.25) is 0 Å². The van der Waals surface area contributed by atoms with Gasteiger partial charge in [-0.05, 0) is 22.6 Å². The molecule has 0 atom stereocenters. The van der Waals surface area contributed by atoms with E-state index in [1.54, 1.807) is 12.1 Å². The molecule has 0 heterocycles. The van der Waals surface area contributed by atoms with Gasteiger partial charge in [-0.2, -0.15) is 0 Å². The molecule has 0 aliphatic rings. The summed E-state index contributed by atoms with van der Waals surface area (Å²) in [6, 6.07) is 9.62. The minimum absolute atomic E-state index is 0.944. The summed E-state index contributed by atoms with van der Waals surface area (Å²) in [5.41, 5.74) is 0.944. The van der Waals surface area contributed by atoms with E-state index in [0.29, 0.717) is 0 Å². The molecule has 0 saturated carbocycles. The zero-order valence-corrected chi connectivity index (χ0v) is 7.40. The second kappa shape index (κ2) is 4.50. The van der Waals surface area contributed by atoms with E-state index in [1.165, 1.54) is 0 Å². The van der Waals surface area contributed by atoms with Crippen molar-refractivity contribution < 1.29 is 0 Å². The Labute approximate surface area is 76.0 Å². The maximum Gasteiger partial charge on any atom is 0.0671 e. The highest BCUT2D eigenvalue weighted by Gasteiger charge is 1.94. The summed E-state index contributed by atoms with van der Waals surface area (Å²) >= 11 is 4.26. The lowest BCUT2D eigenvalue weighted by molar-refractivity contribution is 0.877. The third-order valence-electron chi connectivity index (χ3n) is 1.34. The van der Waals surface area contributed by atoms with Crippen molar-refractivity contribution in [2.24, 2.45) is 14.9 Å². The molecule has 5 heteroatoms. The quantitative estimate of drug-likeness (QED) is 0.528. The lowest BCUT2D eigenvalue weighted by Gasteiger charge is -2.08. The van der Waals surface area contributed by atoms with Crippen LogP contribution in [0.3, 0.4) is 0 Å². The minimum Gasteiger partial charge on any atom is -0.249 e. The Bertz CT molecular complexity index is 272. The summed E-state index contributed by atoms with van der Waals surface area (Å²) in [6.45, 7) is 0. The minimum atomic E-state index is 0.944. The topological polar surface area (TPSA) is 40.3 Å². The van der Waals surface area contributed by atoms with Crippen LogP contribution in [-0.2, 0) is 12.4 Å². The van der Waals surface area contributed by atoms with Crippen molar-refractivity contribution in [2.75, 3.05) is 12.1 Å². The van der Waals surface area contributed by atoms with Crippen molar-refractivity contribution in [1.82, 2.24) is 0 Å². The molecule has 0 aliphatic heterocycles. The molecule has 1 aromatic carbocycles.